The molecule has 0 amide bonds. The van der Waals surface area contributed by atoms with Gasteiger partial charge in [-0.1, -0.05) is 42.1 Å². The second kappa shape index (κ2) is 5.09. The molecule has 1 aromatic heterocycles. The highest BCUT2D eigenvalue weighted by Gasteiger charge is 2.31. The first-order valence-electron chi connectivity index (χ1n) is 6.01. The van der Waals surface area contributed by atoms with E-state index in [0.717, 1.165) is 5.56 Å². The van der Waals surface area contributed by atoms with Gasteiger partial charge in [0.15, 0.2) is 5.82 Å². The minimum Gasteiger partial charge on any atom is -0.468 e. The highest BCUT2D eigenvalue weighted by Crippen LogP contribution is 2.31. The first-order chi connectivity index (χ1) is 9.70. The first-order valence-corrected chi connectivity index (χ1v) is 6.89. The van der Waals surface area contributed by atoms with Gasteiger partial charge in [-0.3, -0.25) is 4.79 Å². The van der Waals surface area contributed by atoms with Gasteiger partial charge in [-0.25, -0.2) is 0 Å². The number of thioether (sulfide) groups is 1. The van der Waals surface area contributed by atoms with Crippen molar-refractivity contribution in [3.8, 4) is 11.4 Å². The zero-order valence-electron chi connectivity index (χ0n) is 11.0. The number of hydrogen-bond acceptors (Lipinski definition) is 6. The van der Waals surface area contributed by atoms with Gasteiger partial charge in [0.05, 0.1) is 12.8 Å². The number of carbonyl (C=O) groups excluding carboxylic acids is 1. The van der Waals surface area contributed by atoms with Crippen LogP contribution < -0.4 is 0 Å². The molecule has 2 aromatic rings. The molecule has 20 heavy (non-hydrogen) atoms. The molecule has 0 bridgehead atoms. The number of rotatable bonds is 2. The normalized spacial score (nSPS) is 17.3. The van der Waals surface area contributed by atoms with Crippen molar-refractivity contribution in [2.45, 2.75) is 17.3 Å². The number of benzene rings is 1. The maximum absolute atomic E-state index is 11.7. The third-order valence-electron chi connectivity index (χ3n) is 2.92. The number of ether oxygens (including phenoxy) is 1. The fourth-order valence-electron chi connectivity index (χ4n) is 1.92. The van der Waals surface area contributed by atoms with Crippen molar-refractivity contribution in [3.63, 3.8) is 0 Å². The minimum atomic E-state index is -0.458. The topological polar surface area (TPSA) is 69.4 Å². The molecule has 1 aromatic carbocycles. The van der Waals surface area contributed by atoms with Gasteiger partial charge in [-0.05, 0) is 6.92 Å². The summed E-state index contributed by atoms with van der Waals surface area (Å²) in [6, 6.07) is 9.69. The summed E-state index contributed by atoms with van der Waals surface area (Å²) in [6.07, 6.45) is 0. The van der Waals surface area contributed by atoms with E-state index in [1.807, 2.05) is 30.3 Å². The molecule has 0 fully saturated rings. The van der Waals surface area contributed by atoms with E-state index in [1.54, 1.807) is 11.6 Å². The zero-order valence-corrected chi connectivity index (χ0v) is 11.8. The van der Waals surface area contributed by atoms with Crippen LogP contribution in [0.4, 0.5) is 0 Å². The predicted molar refractivity (Wildman–Crippen MR) is 75.6 cm³/mol. The molecule has 0 aliphatic carbocycles. The van der Waals surface area contributed by atoms with Crippen molar-refractivity contribution in [2.24, 2.45) is 5.10 Å². The summed E-state index contributed by atoms with van der Waals surface area (Å²) in [4.78, 5) is 11.7. The lowest BCUT2D eigenvalue weighted by Crippen LogP contribution is -2.30. The molecule has 6 nitrogen and oxygen atoms in total. The van der Waals surface area contributed by atoms with Gasteiger partial charge in [0.2, 0.25) is 5.16 Å². The third-order valence-corrected chi connectivity index (χ3v) is 4.15. The quantitative estimate of drug-likeness (QED) is 0.788. The Morgan fingerprint density at radius 1 is 1.30 bits per heavy atom. The Balaban J connectivity index is 2.02. The van der Waals surface area contributed by atoms with E-state index in [9.17, 15) is 4.79 Å². The molecule has 1 atom stereocenters. The Hall–Kier alpha value is -2.15. The van der Waals surface area contributed by atoms with Gasteiger partial charge in [-0.15, -0.1) is 10.2 Å². The van der Waals surface area contributed by atoms with Crippen molar-refractivity contribution in [2.75, 3.05) is 7.11 Å². The second-order valence-electron chi connectivity index (χ2n) is 4.25. The van der Waals surface area contributed by atoms with Crippen LogP contribution in [0.5, 0.6) is 0 Å². The maximum Gasteiger partial charge on any atom is 0.325 e. The van der Waals surface area contributed by atoms with Gasteiger partial charge in [0.1, 0.15) is 5.25 Å². The van der Waals surface area contributed by atoms with Crippen molar-refractivity contribution in [3.05, 3.63) is 30.3 Å². The molecular formula is C13H12N4O2S. The van der Waals surface area contributed by atoms with E-state index in [0.29, 0.717) is 16.7 Å². The zero-order chi connectivity index (χ0) is 14.1. The van der Waals surface area contributed by atoms with Gasteiger partial charge in [0, 0.05) is 5.56 Å². The Labute approximate surface area is 119 Å². The van der Waals surface area contributed by atoms with E-state index < -0.39 is 5.25 Å². The van der Waals surface area contributed by atoms with Crippen LogP contribution >= 0.6 is 11.8 Å². The van der Waals surface area contributed by atoms with Crippen LogP contribution in [-0.4, -0.2) is 38.9 Å². The lowest BCUT2D eigenvalue weighted by molar-refractivity contribution is -0.138. The Morgan fingerprint density at radius 2 is 2.05 bits per heavy atom. The number of fused-ring (bicyclic) bond motifs is 1. The largest absolute Gasteiger partial charge is 0.468 e. The molecular weight excluding hydrogens is 276 g/mol. The number of hydrogen-bond donors (Lipinski definition) is 0. The highest BCUT2D eigenvalue weighted by molar-refractivity contribution is 8.01. The maximum atomic E-state index is 11.7. The first kappa shape index (κ1) is 12.9. The molecule has 1 aliphatic rings. The van der Waals surface area contributed by atoms with Crippen LogP contribution in [0.1, 0.15) is 6.92 Å². The SMILES string of the molecule is COC(=O)C1Sc2nnc(-c3ccccc3)n2N=C1C. The summed E-state index contributed by atoms with van der Waals surface area (Å²) in [5.41, 5.74) is 1.60. The Morgan fingerprint density at radius 3 is 2.75 bits per heavy atom. The van der Waals surface area contributed by atoms with Crippen molar-refractivity contribution < 1.29 is 9.53 Å². The molecule has 3 rings (SSSR count). The number of methoxy groups -OCH3 is 1. The summed E-state index contributed by atoms with van der Waals surface area (Å²) >= 11 is 1.30. The fraction of sp³-hybridized carbons (Fsp3) is 0.231. The highest BCUT2D eigenvalue weighted by atomic mass is 32.2. The monoisotopic (exact) mass is 288 g/mol. The lowest BCUT2D eigenvalue weighted by Gasteiger charge is -2.18. The molecule has 102 valence electrons. The number of esters is 1. The smallest absolute Gasteiger partial charge is 0.325 e. The summed E-state index contributed by atoms with van der Waals surface area (Å²) in [6.45, 7) is 1.80. The minimum absolute atomic E-state index is 0.327. The average molecular weight is 288 g/mol. The van der Waals surface area contributed by atoms with Gasteiger partial charge < -0.3 is 4.74 Å². The Kier molecular flexibility index (Phi) is 3.27. The van der Waals surface area contributed by atoms with Crippen LogP contribution in [-0.2, 0) is 9.53 Å². The molecule has 7 heteroatoms. The van der Waals surface area contributed by atoms with Crippen molar-refractivity contribution >= 4 is 23.4 Å². The summed E-state index contributed by atoms with van der Waals surface area (Å²) in [5.74, 6) is 0.336. The van der Waals surface area contributed by atoms with Crippen LogP contribution in [0.3, 0.4) is 0 Å². The standard InChI is InChI=1S/C13H12N4O2S/c1-8-10(12(18)19-2)20-13-15-14-11(17(13)16-8)9-6-4-3-5-7-9/h3-7,10H,1-2H3. The van der Waals surface area contributed by atoms with E-state index in [4.69, 9.17) is 4.74 Å². The number of carbonyl (C=O) groups is 1. The molecule has 0 saturated carbocycles. The molecule has 2 heterocycles. The summed E-state index contributed by atoms with van der Waals surface area (Å²) < 4.78 is 6.43. The molecule has 0 N–H and O–H groups in total. The third kappa shape index (κ3) is 2.09. The molecule has 0 radical (unpaired) electrons. The van der Waals surface area contributed by atoms with E-state index >= 15 is 0 Å². The van der Waals surface area contributed by atoms with Gasteiger partial charge in [0.25, 0.3) is 0 Å². The second-order valence-corrected chi connectivity index (χ2v) is 5.32. The lowest BCUT2D eigenvalue weighted by atomic mass is 10.2. The summed E-state index contributed by atoms with van der Waals surface area (Å²) in [5, 5.41) is 12.8. The Bertz CT molecular complexity index is 681. The van der Waals surface area contributed by atoms with E-state index in [1.165, 1.54) is 18.9 Å². The van der Waals surface area contributed by atoms with Crippen LogP contribution in [0, 0.1) is 0 Å². The van der Waals surface area contributed by atoms with Crippen LogP contribution in [0.15, 0.2) is 40.6 Å². The van der Waals surface area contributed by atoms with Crippen molar-refractivity contribution in [1.29, 1.82) is 0 Å². The van der Waals surface area contributed by atoms with Gasteiger partial charge >= 0.3 is 5.97 Å². The molecule has 0 saturated heterocycles. The van der Waals surface area contributed by atoms with E-state index in [2.05, 4.69) is 15.3 Å². The number of aromatic nitrogens is 3. The molecule has 1 aliphatic heterocycles. The average Bonchev–Trinajstić information content (AvgIpc) is 2.89. The fourth-order valence-corrected chi connectivity index (χ4v) is 2.86. The van der Waals surface area contributed by atoms with Crippen molar-refractivity contribution in [1.82, 2.24) is 14.9 Å². The molecule has 0 spiro atoms. The molecule has 1 unspecified atom stereocenters. The number of nitrogens with zero attached hydrogens (tertiary/aromatic N) is 4. The predicted octanol–water partition coefficient (Wildman–Crippen LogP) is 1.82. The van der Waals surface area contributed by atoms with Crippen LogP contribution in [0.25, 0.3) is 11.4 Å². The van der Waals surface area contributed by atoms with E-state index in [-0.39, 0.29) is 5.97 Å². The van der Waals surface area contributed by atoms with Gasteiger partial charge in [-0.2, -0.15) is 9.78 Å². The van der Waals surface area contributed by atoms with Crippen LogP contribution in [0.2, 0.25) is 0 Å². The summed E-state index contributed by atoms with van der Waals surface area (Å²) in [7, 11) is 1.37.